The molecular weight excluding hydrogens is 283 g/mol. The van der Waals surface area contributed by atoms with E-state index in [1.807, 2.05) is 6.92 Å². The molecule has 1 aliphatic heterocycles. The van der Waals surface area contributed by atoms with E-state index in [4.69, 9.17) is 23.2 Å². The number of rotatable bonds is 3. The molecule has 2 rings (SSSR count). The Labute approximate surface area is 123 Å². The highest BCUT2D eigenvalue weighted by Crippen LogP contribution is 2.21. The lowest BCUT2D eigenvalue weighted by atomic mass is 9.92. The number of piperidine rings is 1. The van der Waals surface area contributed by atoms with Gasteiger partial charge in [0.15, 0.2) is 0 Å². The van der Waals surface area contributed by atoms with Crippen molar-refractivity contribution in [2.24, 2.45) is 5.92 Å². The molecule has 0 spiro atoms. The van der Waals surface area contributed by atoms with Gasteiger partial charge in [-0.2, -0.15) is 0 Å². The number of nitrogens with one attached hydrogen (secondary N) is 2. The van der Waals surface area contributed by atoms with Crippen LogP contribution in [0, 0.1) is 5.92 Å². The van der Waals surface area contributed by atoms with E-state index in [1.165, 1.54) is 0 Å². The molecule has 2 unspecified atom stereocenters. The van der Waals surface area contributed by atoms with E-state index in [0.29, 0.717) is 21.5 Å². The minimum absolute atomic E-state index is 0.132. The topological polar surface area (TPSA) is 41.1 Å². The van der Waals surface area contributed by atoms with Crippen LogP contribution in [-0.2, 0) is 0 Å². The first-order valence-electron chi connectivity index (χ1n) is 6.54. The van der Waals surface area contributed by atoms with Crippen LogP contribution in [0.2, 0.25) is 10.0 Å². The number of amides is 1. The molecule has 104 valence electrons. The predicted molar refractivity (Wildman–Crippen MR) is 79.0 cm³/mol. The zero-order valence-electron chi connectivity index (χ0n) is 10.9. The quantitative estimate of drug-likeness (QED) is 0.900. The fourth-order valence-electron chi connectivity index (χ4n) is 2.38. The van der Waals surface area contributed by atoms with Gasteiger partial charge < -0.3 is 10.6 Å². The smallest absolute Gasteiger partial charge is 0.253 e. The molecule has 1 saturated heterocycles. The van der Waals surface area contributed by atoms with Crippen molar-refractivity contribution in [3.8, 4) is 0 Å². The number of hydrogen-bond acceptors (Lipinski definition) is 2. The summed E-state index contributed by atoms with van der Waals surface area (Å²) < 4.78 is 0. The fourth-order valence-corrected chi connectivity index (χ4v) is 2.88. The third-order valence-electron chi connectivity index (χ3n) is 3.58. The van der Waals surface area contributed by atoms with Crippen molar-refractivity contribution >= 4 is 29.1 Å². The SMILES string of the molecule is CC(NC(=O)c1ccc(Cl)cc1Cl)C1CCCNC1. The molecule has 1 aromatic rings. The van der Waals surface area contributed by atoms with Crippen molar-refractivity contribution in [2.75, 3.05) is 13.1 Å². The van der Waals surface area contributed by atoms with E-state index in [0.717, 1.165) is 25.9 Å². The second kappa shape index (κ2) is 6.60. The highest BCUT2D eigenvalue weighted by molar-refractivity contribution is 6.36. The van der Waals surface area contributed by atoms with E-state index < -0.39 is 0 Å². The summed E-state index contributed by atoms with van der Waals surface area (Å²) in [7, 11) is 0. The Bertz CT molecular complexity index is 459. The van der Waals surface area contributed by atoms with Crippen LogP contribution in [0.15, 0.2) is 18.2 Å². The standard InChI is InChI=1S/C14H18Cl2N2O/c1-9(10-3-2-6-17-8-10)18-14(19)12-5-4-11(15)7-13(12)16/h4-5,7,9-10,17H,2-3,6,8H2,1H3,(H,18,19). The lowest BCUT2D eigenvalue weighted by molar-refractivity contribution is 0.0922. The lowest BCUT2D eigenvalue weighted by Crippen LogP contribution is -2.44. The normalized spacial score (nSPS) is 20.9. The summed E-state index contributed by atoms with van der Waals surface area (Å²) in [5.41, 5.74) is 0.474. The molecule has 0 saturated carbocycles. The highest BCUT2D eigenvalue weighted by Gasteiger charge is 2.22. The first kappa shape index (κ1) is 14.6. The molecule has 5 heteroatoms. The molecule has 0 aliphatic carbocycles. The summed E-state index contributed by atoms with van der Waals surface area (Å²) in [6.07, 6.45) is 2.30. The van der Waals surface area contributed by atoms with Crippen molar-refractivity contribution in [3.05, 3.63) is 33.8 Å². The van der Waals surface area contributed by atoms with Gasteiger partial charge in [-0.05, 0) is 57.0 Å². The maximum Gasteiger partial charge on any atom is 0.253 e. The fraction of sp³-hybridized carbons (Fsp3) is 0.500. The van der Waals surface area contributed by atoms with Gasteiger partial charge in [0.25, 0.3) is 5.91 Å². The molecule has 1 amide bonds. The van der Waals surface area contributed by atoms with Crippen LogP contribution in [-0.4, -0.2) is 25.0 Å². The Morgan fingerprint density at radius 1 is 1.47 bits per heavy atom. The van der Waals surface area contributed by atoms with Gasteiger partial charge in [-0.3, -0.25) is 4.79 Å². The molecule has 1 aliphatic rings. The molecule has 19 heavy (non-hydrogen) atoms. The largest absolute Gasteiger partial charge is 0.349 e. The van der Waals surface area contributed by atoms with E-state index in [1.54, 1.807) is 18.2 Å². The Hall–Kier alpha value is -0.770. The van der Waals surface area contributed by atoms with Crippen LogP contribution in [0.1, 0.15) is 30.1 Å². The second-order valence-electron chi connectivity index (χ2n) is 4.99. The van der Waals surface area contributed by atoms with E-state index >= 15 is 0 Å². The van der Waals surface area contributed by atoms with Crippen molar-refractivity contribution in [3.63, 3.8) is 0 Å². The first-order valence-corrected chi connectivity index (χ1v) is 7.30. The van der Waals surface area contributed by atoms with Gasteiger partial charge in [0.1, 0.15) is 0 Å². The van der Waals surface area contributed by atoms with Crippen molar-refractivity contribution in [2.45, 2.75) is 25.8 Å². The van der Waals surface area contributed by atoms with E-state index in [2.05, 4.69) is 10.6 Å². The molecular formula is C14H18Cl2N2O. The molecule has 0 radical (unpaired) electrons. The van der Waals surface area contributed by atoms with Gasteiger partial charge in [0.2, 0.25) is 0 Å². The minimum Gasteiger partial charge on any atom is -0.349 e. The molecule has 3 nitrogen and oxygen atoms in total. The highest BCUT2D eigenvalue weighted by atomic mass is 35.5. The summed E-state index contributed by atoms with van der Waals surface area (Å²) in [6.45, 7) is 4.06. The third-order valence-corrected chi connectivity index (χ3v) is 4.12. The summed E-state index contributed by atoms with van der Waals surface area (Å²) in [4.78, 5) is 12.2. The van der Waals surface area contributed by atoms with Gasteiger partial charge >= 0.3 is 0 Å². The summed E-state index contributed by atoms with van der Waals surface area (Å²) >= 11 is 11.9. The van der Waals surface area contributed by atoms with E-state index in [9.17, 15) is 4.79 Å². The van der Waals surface area contributed by atoms with E-state index in [-0.39, 0.29) is 11.9 Å². The summed E-state index contributed by atoms with van der Waals surface area (Å²) in [6, 6.07) is 5.05. The Morgan fingerprint density at radius 2 is 2.26 bits per heavy atom. The van der Waals surface area contributed by atoms with Crippen LogP contribution < -0.4 is 10.6 Å². The Morgan fingerprint density at radius 3 is 2.89 bits per heavy atom. The van der Waals surface area contributed by atoms with Crippen LogP contribution in [0.4, 0.5) is 0 Å². The van der Waals surface area contributed by atoms with Crippen LogP contribution in [0.3, 0.4) is 0 Å². The maximum absolute atomic E-state index is 12.2. The third kappa shape index (κ3) is 3.85. The first-order chi connectivity index (χ1) is 9.08. The van der Waals surface area contributed by atoms with Gasteiger partial charge in [-0.1, -0.05) is 23.2 Å². The van der Waals surface area contributed by atoms with Gasteiger partial charge in [0, 0.05) is 11.1 Å². The van der Waals surface area contributed by atoms with Crippen molar-refractivity contribution in [1.82, 2.24) is 10.6 Å². The summed E-state index contributed by atoms with van der Waals surface area (Å²) in [5, 5.41) is 7.29. The average Bonchev–Trinajstić information content (AvgIpc) is 2.39. The Kier molecular flexibility index (Phi) is 5.08. The van der Waals surface area contributed by atoms with Crippen molar-refractivity contribution < 1.29 is 4.79 Å². The molecule has 0 bridgehead atoms. The van der Waals surface area contributed by atoms with Gasteiger partial charge in [0.05, 0.1) is 10.6 Å². The number of benzene rings is 1. The second-order valence-corrected chi connectivity index (χ2v) is 5.84. The monoisotopic (exact) mass is 300 g/mol. The molecule has 2 N–H and O–H groups in total. The zero-order chi connectivity index (χ0) is 13.8. The van der Waals surface area contributed by atoms with Crippen LogP contribution >= 0.6 is 23.2 Å². The lowest BCUT2D eigenvalue weighted by Gasteiger charge is -2.29. The molecule has 0 aromatic heterocycles. The molecule has 1 fully saturated rings. The number of carbonyl (C=O) groups is 1. The van der Waals surface area contributed by atoms with Gasteiger partial charge in [-0.25, -0.2) is 0 Å². The number of halogens is 2. The predicted octanol–water partition coefficient (Wildman–Crippen LogP) is 3.11. The molecule has 1 heterocycles. The average molecular weight is 301 g/mol. The van der Waals surface area contributed by atoms with Crippen LogP contribution in [0.5, 0.6) is 0 Å². The van der Waals surface area contributed by atoms with Crippen LogP contribution in [0.25, 0.3) is 0 Å². The molecule has 2 atom stereocenters. The number of carbonyl (C=O) groups excluding carboxylic acids is 1. The zero-order valence-corrected chi connectivity index (χ0v) is 12.4. The minimum atomic E-state index is -0.139. The number of hydrogen-bond donors (Lipinski definition) is 2. The molecule has 1 aromatic carbocycles. The summed E-state index contributed by atoms with van der Waals surface area (Å²) in [5.74, 6) is 0.337. The van der Waals surface area contributed by atoms with Crippen molar-refractivity contribution in [1.29, 1.82) is 0 Å². The Balaban J connectivity index is 1.99. The van der Waals surface area contributed by atoms with Gasteiger partial charge in [-0.15, -0.1) is 0 Å². The maximum atomic E-state index is 12.2.